The molecule has 4 N–H and O–H groups in total. The monoisotopic (exact) mass is 279 g/mol. The smallest absolute Gasteiger partial charge is 0.326 e. The number of carbonyl (C=O) groups is 2. The molecule has 0 spiro atoms. The van der Waals surface area contributed by atoms with Crippen molar-refractivity contribution in [3.05, 3.63) is 24.5 Å². The van der Waals surface area contributed by atoms with Gasteiger partial charge in [0.25, 0.3) is 0 Å². The number of imidazole rings is 1. The Morgan fingerprint density at radius 3 is 2.90 bits per heavy atom. The van der Waals surface area contributed by atoms with E-state index in [1.807, 2.05) is 0 Å². The number of H-pyrrole nitrogens is 1. The van der Waals surface area contributed by atoms with E-state index in [1.165, 1.54) is 23.5 Å². The van der Waals surface area contributed by atoms with Gasteiger partial charge in [0.15, 0.2) is 0 Å². The molecule has 0 fully saturated rings. The number of amides is 2. The second kappa shape index (κ2) is 5.82. The molecule has 0 saturated heterocycles. The lowest BCUT2D eigenvalue weighted by Gasteiger charge is -2.13. The highest BCUT2D eigenvalue weighted by Gasteiger charge is 2.21. The molecule has 1 atom stereocenters. The Balaban J connectivity index is 1.96. The summed E-state index contributed by atoms with van der Waals surface area (Å²) < 4.78 is 1.35. The average molecular weight is 279 g/mol. The van der Waals surface area contributed by atoms with Gasteiger partial charge in [0.2, 0.25) is 5.95 Å². The molecule has 0 aliphatic rings. The van der Waals surface area contributed by atoms with Gasteiger partial charge in [-0.1, -0.05) is 0 Å². The minimum atomic E-state index is -1.15. The van der Waals surface area contributed by atoms with Crippen LogP contribution < -0.4 is 10.6 Å². The summed E-state index contributed by atoms with van der Waals surface area (Å²) in [5.41, 5.74) is 0.608. The number of urea groups is 1. The highest BCUT2D eigenvalue weighted by Crippen LogP contribution is 2.01. The van der Waals surface area contributed by atoms with Crippen molar-refractivity contribution in [3.8, 4) is 0 Å². The second-order valence-electron chi connectivity index (χ2n) is 3.98. The fourth-order valence-electron chi connectivity index (χ4n) is 1.52. The van der Waals surface area contributed by atoms with Crippen LogP contribution >= 0.6 is 0 Å². The number of hydrogen-bond acceptors (Lipinski definition) is 5. The molecule has 0 aromatic carbocycles. The lowest BCUT2D eigenvalue weighted by Crippen LogP contribution is -2.44. The standard InChI is InChI=1S/C10H13N7O3/c1-17-9(13-5-14-17)16-10(20)15-7(8(18)19)2-6-3-11-4-12-6/h3-5,7H,2H2,1H3,(H,11,12)(H,18,19)(H2,13,14,15,16,20). The number of aryl methyl sites for hydroxylation is 1. The summed E-state index contributed by atoms with van der Waals surface area (Å²) in [6.07, 6.45) is 4.31. The topological polar surface area (TPSA) is 138 Å². The third kappa shape index (κ3) is 3.31. The van der Waals surface area contributed by atoms with E-state index in [-0.39, 0.29) is 12.4 Å². The molecule has 2 aromatic rings. The van der Waals surface area contributed by atoms with Crippen molar-refractivity contribution < 1.29 is 14.7 Å². The number of carboxylic acids is 1. The van der Waals surface area contributed by atoms with Crippen LogP contribution in [0.15, 0.2) is 18.9 Å². The first kappa shape index (κ1) is 13.5. The summed E-state index contributed by atoms with van der Waals surface area (Å²) in [4.78, 5) is 33.2. The molecule has 0 radical (unpaired) electrons. The van der Waals surface area contributed by atoms with Gasteiger partial charge in [-0.3, -0.25) is 5.32 Å². The third-order valence-corrected chi connectivity index (χ3v) is 2.52. The second-order valence-corrected chi connectivity index (χ2v) is 3.98. The molecule has 20 heavy (non-hydrogen) atoms. The van der Waals surface area contributed by atoms with E-state index in [9.17, 15) is 9.59 Å². The SMILES string of the molecule is Cn1ncnc1NC(=O)NC(Cc1cnc[nH]1)C(=O)O. The summed E-state index contributed by atoms with van der Waals surface area (Å²) >= 11 is 0. The van der Waals surface area contributed by atoms with Crippen LogP contribution in [0.1, 0.15) is 5.69 Å². The Morgan fingerprint density at radius 2 is 2.35 bits per heavy atom. The first-order valence-electron chi connectivity index (χ1n) is 5.68. The van der Waals surface area contributed by atoms with Crippen LogP contribution in [0.25, 0.3) is 0 Å². The molecule has 2 rings (SSSR count). The van der Waals surface area contributed by atoms with E-state index in [0.717, 1.165) is 0 Å². The summed E-state index contributed by atoms with van der Waals surface area (Å²) in [5.74, 6) is -0.930. The molecule has 1 unspecified atom stereocenters. The number of anilines is 1. The van der Waals surface area contributed by atoms with Crippen LogP contribution in [0.3, 0.4) is 0 Å². The number of nitrogens with one attached hydrogen (secondary N) is 3. The van der Waals surface area contributed by atoms with Gasteiger partial charge in [0.05, 0.1) is 6.33 Å². The number of aromatic amines is 1. The van der Waals surface area contributed by atoms with Gasteiger partial charge in [-0.25, -0.2) is 19.3 Å². The zero-order valence-corrected chi connectivity index (χ0v) is 10.6. The zero-order valence-electron chi connectivity index (χ0n) is 10.6. The molecule has 2 heterocycles. The normalized spacial score (nSPS) is 11.8. The fourth-order valence-corrected chi connectivity index (χ4v) is 1.52. The number of nitrogens with zero attached hydrogens (tertiary/aromatic N) is 4. The number of aliphatic carboxylic acids is 1. The van der Waals surface area contributed by atoms with Gasteiger partial charge in [0, 0.05) is 25.4 Å². The zero-order chi connectivity index (χ0) is 14.5. The molecule has 106 valence electrons. The maximum absolute atomic E-state index is 11.7. The van der Waals surface area contributed by atoms with Gasteiger partial charge in [0.1, 0.15) is 12.4 Å². The molecule has 0 saturated carbocycles. The van der Waals surface area contributed by atoms with Crippen LogP contribution in [0, 0.1) is 0 Å². The van der Waals surface area contributed by atoms with E-state index in [1.54, 1.807) is 7.05 Å². The van der Waals surface area contributed by atoms with E-state index in [0.29, 0.717) is 5.69 Å². The van der Waals surface area contributed by atoms with Crippen LogP contribution in [-0.4, -0.2) is 47.9 Å². The first-order valence-corrected chi connectivity index (χ1v) is 5.68. The minimum Gasteiger partial charge on any atom is -0.480 e. The van der Waals surface area contributed by atoms with Gasteiger partial charge < -0.3 is 15.4 Å². The van der Waals surface area contributed by atoms with Crippen molar-refractivity contribution in [2.45, 2.75) is 12.5 Å². The molecular weight excluding hydrogens is 266 g/mol. The lowest BCUT2D eigenvalue weighted by molar-refractivity contribution is -0.139. The number of carbonyl (C=O) groups excluding carboxylic acids is 1. The van der Waals surface area contributed by atoms with Gasteiger partial charge >= 0.3 is 12.0 Å². The van der Waals surface area contributed by atoms with Crippen molar-refractivity contribution in [2.75, 3.05) is 5.32 Å². The molecule has 0 aliphatic carbocycles. The molecule has 0 bridgehead atoms. The van der Waals surface area contributed by atoms with Crippen molar-refractivity contribution in [1.29, 1.82) is 0 Å². The van der Waals surface area contributed by atoms with Gasteiger partial charge in [-0.05, 0) is 0 Å². The highest BCUT2D eigenvalue weighted by molar-refractivity contribution is 5.90. The van der Waals surface area contributed by atoms with Crippen molar-refractivity contribution in [2.24, 2.45) is 7.05 Å². The third-order valence-electron chi connectivity index (χ3n) is 2.52. The summed E-state index contributed by atoms with van der Waals surface area (Å²) in [6, 6.07) is -1.75. The van der Waals surface area contributed by atoms with Crippen molar-refractivity contribution >= 4 is 17.9 Å². The molecule has 0 aliphatic heterocycles. The Hall–Kier alpha value is -2.91. The minimum absolute atomic E-state index is 0.0988. The Morgan fingerprint density at radius 1 is 1.55 bits per heavy atom. The van der Waals surface area contributed by atoms with E-state index in [4.69, 9.17) is 5.11 Å². The summed E-state index contributed by atoms with van der Waals surface area (Å²) in [7, 11) is 1.60. The Labute approximate surface area is 113 Å². The predicted octanol–water partition coefficient (Wildman–Crippen LogP) is -0.644. The number of aromatic nitrogens is 5. The van der Waals surface area contributed by atoms with Crippen LogP contribution in [-0.2, 0) is 18.3 Å². The van der Waals surface area contributed by atoms with Crippen LogP contribution in [0.5, 0.6) is 0 Å². The van der Waals surface area contributed by atoms with E-state index >= 15 is 0 Å². The van der Waals surface area contributed by atoms with Crippen LogP contribution in [0.2, 0.25) is 0 Å². The summed E-state index contributed by atoms with van der Waals surface area (Å²) in [6.45, 7) is 0. The van der Waals surface area contributed by atoms with Crippen molar-refractivity contribution in [3.63, 3.8) is 0 Å². The number of rotatable bonds is 5. The Kier molecular flexibility index (Phi) is 3.93. The van der Waals surface area contributed by atoms with Gasteiger partial charge in [-0.2, -0.15) is 10.1 Å². The first-order chi connectivity index (χ1) is 9.56. The van der Waals surface area contributed by atoms with E-state index < -0.39 is 18.0 Å². The molecular formula is C10H13N7O3. The quantitative estimate of drug-likeness (QED) is 0.574. The van der Waals surface area contributed by atoms with Crippen molar-refractivity contribution in [1.82, 2.24) is 30.0 Å². The number of hydrogen-bond donors (Lipinski definition) is 4. The van der Waals surface area contributed by atoms with Crippen LogP contribution in [0.4, 0.5) is 10.7 Å². The predicted molar refractivity (Wildman–Crippen MR) is 66.9 cm³/mol. The molecule has 10 heteroatoms. The highest BCUT2D eigenvalue weighted by atomic mass is 16.4. The molecule has 10 nitrogen and oxygen atoms in total. The van der Waals surface area contributed by atoms with Gasteiger partial charge in [-0.15, -0.1) is 0 Å². The summed E-state index contributed by atoms with van der Waals surface area (Å²) in [5, 5.41) is 17.6. The maximum Gasteiger partial charge on any atom is 0.326 e. The maximum atomic E-state index is 11.7. The fraction of sp³-hybridized carbons (Fsp3) is 0.300. The Bertz CT molecular complexity index is 592. The lowest BCUT2D eigenvalue weighted by atomic mass is 10.2. The molecule has 2 aromatic heterocycles. The largest absolute Gasteiger partial charge is 0.480 e. The number of carboxylic acid groups (broad SMARTS) is 1. The average Bonchev–Trinajstić information content (AvgIpc) is 3.01. The molecule has 2 amide bonds. The van der Waals surface area contributed by atoms with E-state index in [2.05, 4.69) is 30.7 Å².